The highest BCUT2D eigenvalue weighted by Gasteiger charge is 2.35. The normalized spacial score (nSPS) is 16.3. The molecule has 1 aliphatic rings. The summed E-state index contributed by atoms with van der Waals surface area (Å²) in [6, 6.07) is 15.1. The zero-order valence-electron chi connectivity index (χ0n) is 16.1. The second-order valence-electron chi connectivity index (χ2n) is 6.87. The Bertz CT molecular complexity index is 1030. The summed E-state index contributed by atoms with van der Waals surface area (Å²) in [5, 5.41) is 10.6. The van der Waals surface area contributed by atoms with Gasteiger partial charge < -0.3 is 9.32 Å². The van der Waals surface area contributed by atoms with Gasteiger partial charge in [0.1, 0.15) is 0 Å². The summed E-state index contributed by atoms with van der Waals surface area (Å²) in [7, 11) is 0. The smallest absolute Gasteiger partial charge is 0.322 e. The molecule has 2 aromatic carbocycles. The topological polar surface area (TPSA) is 88.3 Å². The molecule has 1 aromatic heterocycles. The predicted octanol–water partition coefficient (Wildman–Crippen LogP) is 3.87. The standard InChI is InChI=1S/C21H20N4O3S/c1-13-3-5-14(6-4-13)19(27)22-21-24-23-20(28-21)15-11-18(26)25(12-15)16-7-9-17(29-2)10-8-16/h3-10,15H,11-12H2,1-2H3,(H,22,24,27)/t15-/m1/s1. The highest BCUT2D eigenvalue weighted by atomic mass is 32.2. The van der Waals surface area contributed by atoms with Gasteiger partial charge in [0.15, 0.2) is 0 Å². The number of thioether (sulfide) groups is 1. The molecule has 8 heteroatoms. The van der Waals surface area contributed by atoms with Crippen molar-refractivity contribution in [3.63, 3.8) is 0 Å². The number of anilines is 2. The van der Waals surface area contributed by atoms with Crippen LogP contribution in [0.15, 0.2) is 57.8 Å². The average Bonchev–Trinajstić information content (AvgIpc) is 3.35. The number of aromatic nitrogens is 2. The summed E-state index contributed by atoms with van der Waals surface area (Å²) in [6.45, 7) is 2.42. The lowest BCUT2D eigenvalue weighted by molar-refractivity contribution is -0.117. The second kappa shape index (κ2) is 8.08. The van der Waals surface area contributed by atoms with E-state index in [1.165, 1.54) is 0 Å². The molecule has 0 saturated carbocycles. The van der Waals surface area contributed by atoms with Crippen LogP contribution in [0, 0.1) is 6.92 Å². The molecule has 2 amide bonds. The van der Waals surface area contributed by atoms with Crippen LogP contribution in [-0.4, -0.2) is 34.8 Å². The van der Waals surface area contributed by atoms with Crippen molar-refractivity contribution in [2.45, 2.75) is 24.2 Å². The van der Waals surface area contributed by atoms with Crippen LogP contribution in [0.25, 0.3) is 0 Å². The number of nitrogens with one attached hydrogen (secondary N) is 1. The molecule has 148 valence electrons. The van der Waals surface area contributed by atoms with Gasteiger partial charge in [-0.1, -0.05) is 22.8 Å². The van der Waals surface area contributed by atoms with Crippen LogP contribution in [-0.2, 0) is 4.79 Å². The zero-order valence-corrected chi connectivity index (χ0v) is 16.9. The number of benzene rings is 2. The van der Waals surface area contributed by atoms with Crippen LogP contribution in [0.1, 0.15) is 34.2 Å². The van der Waals surface area contributed by atoms with E-state index in [0.717, 1.165) is 16.1 Å². The fraction of sp³-hybridized carbons (Fsp3) is 0.238. The summed E-state index contributed by atoms with van der Waals surface area (Å²) < 4.78 is 5.62. The summed E-state index contributed by atoms with van der Waals surface area (Å²) in [4.78, 5) is 27.6. The van der Waals surface area contributed by atoms with E-state index in [1.807, 2.05) is 49.6 Å². The molecule has 0 radical (unpaired) electrons. The molecule has 4 rings (SSSR count). The fourth-order valence-corrected chi connectivity index (χ4v) is 3.62. The minimum Gasteiger partial charge on any atom is -0.407 e. The molecule has 0 aliphatic carbocycles. The molecular weight excluding hydrogens is 388 g/mol. The van der Waals surface area contributed by atoms with E-state index in [-0.39, 0.29) is 30.2 Å². The third-order valence-corrected chi connectivity index (χ3v) is 5.58. The van der Waals surface area contributed by atoms with Crippen LogP contribution in [0.4, 0.5) is 11.7 Å². The van der Waals surface area contributed by atoms with Gasteiger partial charge in [0.25, 0.3) is 5.91 Å². The Morgan fingerprint density at radius 1 is 1.14 bits per heavy atom. The first kappa shape index (κ1) is 19.2. The van der Waals surface area contributed by atoms with Gasteiger partial charge in [-0.25, -0.2) is 0 Å². The number of amides is 2. The molecule has 29 heavy (non-hydrogen) atoms. The Kier molecular flexibility index (Phi) is 5.35. The van der Waals surface area contributed by atoms with Gasteiger partial charge in [0.05, 0.1) is 5.92 Å². The predicted molar refractivity (Wildman–Crippen MR) is 111 cm³/mol. The van der Waals surface area contributed by atoms with E-state index in [9.17, 15) is 9.59 Å². The quantitative estimate of drug-likeness (QED) is 0.645. The Morgan fingerprint density at radius 2 is 1.86 bits per heavy atom. The lowest BCUT2D eigenvalue weighted by Crippen LogP contribution is -2.24. The van der Waals surface area contributed by atoms with Crippen LogP contribution in [0.5, 0.6) is 0 Å². The molecule has 3 aromatic rings. The van der Waals surface area contributed by atoms with E-state index in [0.29, 0.717) is 18.0 Å². The molecule has 1 atom stereocenters. The molecule has 7 nitrogen and oxygen atoms in total. The van der Waals surface area contributed by atoms with Crippen molar-refractivity contribution in [2.24, 2.45) is 0 Å². The van der Waals surface area contributed by atoms with Gasteiger partial charge in [0.2, 0.25) is 11.8 Å². The molecule has 1 saturated heterocycles. The number of aryl methyl sites for hydroxylation is 1. The summed E-state index contributed by atoms with van der Waals surface area (Å²) in [5.41, 5.74) is 2.43. The second-order valence-corrected chi connectivity index (χ2v) is 7.75. The molecule has 0 bridgehead atoms. The number of carbonyl (C=O) groups is 2. The van der Waals surface area contributed by atoms with Crippen molar-refractivity contribution < 1.29 is 14.0 Å². The number of carbonyl (C=O) groups excluding carboxylic acids is 2. The highest BCUT2D eigenvalue weighted by molar-refractivity contribution is 7.98. The van der Waals surface area contributed by atoms with Gasteiger partial charge in [0, 0.05) is 29.1 Å². The molecule has 0 unspecified atom stereocenters. The monoisotopic (exact) mass is 408 g/mol. The van der Waals surface area contributed by atoms with Crippen molar-refractivity contribution >= 4 is 35.3 Å². The Hall–Kier alpha value is -3.13. The zero-order chi connectivity index (χ0) is 20.4. The number of hydrogen-bond acceptors (Lipinski definition) is 6. The molecule has 0 spiro atoms. The Morgan fingerprint density at radius 3 is 2.55 bits per heavy atom. The molecular formula is C21H20N4O3S. The summed E-state index contributed by atoms with van der Waals surface area (Å²) in [5.74, 6) is -0.172. The van der Waals surface area contributed by atoms with E-state index in [1.54, 1.807) is 28.8 Å². The number of nitrogens with zero attached hydrogens (tertiary/aromatic N) is 3. The lowest BCUT2D eigenvalue weighted by atomic mass is 10.1. The molecule has 1 fully saturated rings. The minimum atomic E-state index is -0.321. The first-order valence-electron chi connectivity index (χ1n) is 9.19. The van der Waals surface area contributed by atoms with Gasteiger partial charge in [-0.2, -0.15) is 0 Å². The van der Waals surface area contributed by atoms with Gasteiger partial charge in [-0.05, 0) is 49.6 Å². The highest BCUT2D eigenvalue weighted by Crippen LogP contribution is 2.32. The van der Waals surface area contributed by atoms with Crippen molar-refractivity contribution in [2.75, 3.05) is 23.0 Å². The fourth-order valence-electron chi connectivity index (χ4n) is 3.21. The third kappa shape index (κ3) is 4.17. The van der Waals surface area contributed by atoms with Crippen molar-refractivity contribution in [1.82, 2.24) is 10.2 Å². The number of hydrogen-bond donors (Lipinski definition) is 1. The van der Waals surface area contributed by atoms with Gasteiger partial charge in [-0.3, -0.25) is 14.9 Å². The third-order valence-electron chi connectivity index (χ3n) is 4.83. The summed E-state index contributed by atoms with van der Waals surface area (Å²) >= 11 is 1.65. The molecule has 2 heterocycles. The van der Waals surface area contributed by atoms with Crippen molar-refractivity contribution in [1.29, 1.82) is 0 Å². The van der Waals surface area contributed by atoms with Gasteiger partial charge >= 0.3 is 6.01 Å². The van der Waals surface area contributed by atoms with Crippen LogP contribution >= 0.6 is 11.8 Å². The first-order chi connectivity index (χ1) is 14.0. The molecule has 1 aliphatic heterocycles. The SMILES string of the molecule is CSc1ccc(N2C[C@H](c3nnc(NC(=O)c4ccc(C)cc4)o3)CC2=O)cc1. The largest absolute Gasteiger partial charge is 0.407 e. The van der Waals surface area contributed by atoms with E-state index in [4.69, 9.17) is 4.42 Å². The van der Waals surface area contributed by atoms with Crippen LogP contribution in [0.3, 0.4) is 0 Å². The first-order valence-corrected chi connectivity index (χ1v) is 10.4. The lowest BCUT2D eigenvalue weighted by Gasteiger charge is -2.16. The van der Waals surface area contributed by atoms with E-state index in [2.05, 4.69) is 15.5 Å². The van der Waals surface area contributed by atoms with Gasteiger partial charge in [-0.15, -0.1) is 16.9 Å². The maximum absolute atomic E-state index is 12.5. The Balaban J connectivity index is 1.43. The van der Waals surface area contributed by atoms with Crippen LogP contribution < -0.4 is 10.2 Å². The van der Waals surface area contributed by atoms with Crippen molar-refractivity contribution in [3.8, 4) is 0 Å². The average molecular weight is 408 g/mol. The molecule has 1 N–H and O–H groups in total. The minimum absolute atomic E-state index is 0.00958. The van der Waals surface area contributed by atoms with Crippen molar-refractivity contribution in [3.05, 3.63) is 65.5 Å². The summed E-state index contributed by atoms with van der Waals surface area (Å²) in [6.07, 6.45) is 2.30. The maximum atomic E-state index is 12.5. The van der Waals surface area contributed by atoms with Crippen LogP contribution in [0.2, 0.25) is 0 Å². The maximum Gasteiger partial charge on any atom is 0.322 e. The number of rotatable bonds is 5. The van der Waals surface area contributed by atoms with E-state index < -0.39 is 0 Å². The Labute approximate surface area is 172 Å². The van der Waals surface area contributed by atoms with E-state index >= 15 is 0 Å².